The lowest BCUT2D eigenvalue weighted by Gasteiger charge is -1.97. The number of H-pyrrole nitrogens is 1. The summed E-state index contributed by atoms with van der Waals surface area (Å²) in [6, 6.07) is 5.88. The number of rotatable bonds is 2. The Morgan fingerprint density at radius 3 is 3.08 bits per heavy atom. The normalized spacial score (nSPS) is 10.9. The molecule has 0 saturated heterocycles. The van der Waals surface area contributed by atoms with Gasteiger partial charge in [-0.3, -0.25) is 0 Å². The van der Waals surface area contributed by atoms with Gasteiger partial charge in [0, 0.05) is 28.7 Å². The predicted molar refractivity (Wildman–Crippen MR) is 56.1 cm³/mol. The summed E-state index contributed by atoms with van der Waals surface area (Å²) in [6.45, 7) is 0.861. The first-order chi connectivity index (χ1) is 6.31. The maximum absolute atomic E-state index is 5.91. The van der Waals surface area contributed by atoms with Crippen LogP contribution in [0.15, 0.2) is 24.4 Å². The Balaban J connectivity index is 2.58. The van der Waals surface area contributed by atoms with Gasteiger partial charge in [0.15, 0.2) is 0 Å². The highest BCUT2D eigenvalue weighted by molar-refractivity contribution is 6.31. The number of nitrogens with one attached hydrogen (secondary N) is 2. The molecule has 1 aromatic heterocycles. The Morgan fingerprint density at radius 2 is 2.31 bits per heavy atom. The molecule has 0 saturated carbocycles. The second-order valence-electron chi connectivity index (χ2n) is 3.03. The van der Waals surface area contributed by atoms with Gasteiger partial charge in [0.2, 0.25) is 0 Å². The summed E-state index contributed by atoms with van der Waals surface area (Å²) >= 11 is 5.91. The van der Waals surface area contributed by atoms with Crippen LogP contribution in [0.3, 0.4) is 0 Å². The molecule has 1 aromatic carbocycles. The monoisotopic (exact) mass is 194 g/mol. The third kappa shape index (κ3) is 1.55. The zero-order valence-electron chi connectivity index (χ0n) is 7.39. The molecule has 0 aliphatic carbocycles. The van der Waals surface area contributed by atoms with Gasteiger partial charge in [-0.15, -0.1) is 0 Å². The van der Waals surface area contributed by atoms with Crippen LogP contribution in [0, 0.1) is 0 Å². The lowest BCUT2D eigenvalue weighted by molar-refractivity contribution is 0.823. The molecule has 0 fully saturated rings. The van der Waals surface area contributed by atoms with Crippen molar-refractivity contribution >= 4 is 22.5 Å². The fourth-order valence-electron chi connectivity index (χ4n) is 1.49. The molecule has 2 nitrogen and oxygen atoms in total. The molecule has 0 spiro atoms. The van der Waals surface area contributed by atoms with E-state index in [1.807, 2.05) is 31.4 Å². The Bertz CT molecular complexity index is 420. The van der Waals surface area contributed by atoms with Crippen molar-refractivity contribution in [3.63, 3.8) is 0 Å². The smallest absolute Gasteiger partial charge is 0.0458 e. The van der Waals surface area contributed by atoms with Gasteiger partial charge >= 0.3 is 0 Å². The topological polar surface area (TPSA) is 27.8 Å². The van der Waals surface area contributed by atoms with E-state index in [4.69, 9.17) is 11.6 Å². The van der Waals surface area contributed by atoms with Gasteiger partial charge in [0.25, 0.3) is 0 Å². The van der Waals surface area contributed by atoms with Gasteiger partial charge in [-0.1, -0.05) is 11.6 Å². The van der Waals surface area contributed by atoms with Crippen LogP contribution in [-0.4, -0.2) is 12.0 Å². The van der Waals surface area contributed by atoms with Crippen LogP contribution < -0.4 is 5.32 Å². The molecule has 1 heterocycles. The predicted octanol–water partition coefficient (Wildman–Crippen LogP) is 2.54. The van der Waals surface area contributed by atoms with E-state index in [-0.39, 0.29) is 0 Å². The number of aromatic nitrogens is 1. The van der Waals surface area contributed by atoms with Gasteiger partial charge < -0.3 is 10.3 Å². The molecule has 0 bridgehead atoms. The van der Waals surface area contributed by atoms with E-state index in [9.17, 15) is 0 Å². The van der Waals surface area contributed by atoms with Crippen LogP contribution >= 0.6 is 11.6 Å². The van der Waals surface area contributed by atoms with Crippen molar-refractivity contribution in [2.45, 2.75) is 6.54 Å². The Hall–Kier alpha value is -0.990. The average Bonchev–Trinajstić information content (AvgIpc) is 2.49. The molecule has 13 heavy (non-hydrogen) atoms. The fraction of sp³-hybridized carbons (Fsp3) is 0.200. The van der Waals surface area contributed by atoms with Crippen LogP contribution in [0.25, 0.3) is 10.9 Å². The van der Waals surface area contributed by atoms with E-state index in [2.05, 4.69) is 10.3 Å². The standard InChI is InChI=1S/C10H11ClN2/c1-12-5-7-6-13-10-3-2-8(11)4-9(7)10/h2-4,6,12-13H,5H2,1H3. The van der Waals surface area contributed by atoms with Crippen LogP contribution in [0.1, 0.15) is 5.56 Å². The number of aromatic amines is 1. The van der Waals surface area contributed by atoms with Crippen LogP contribution in [0.4, 0.5) is 0 Å². The average molecular weight is 195 g/mol. The van der Waals surface area contributed by atoms with Crippen LogP contribution in [0.5, 0.6) is 0 Å². The summed E-state index contributed by atoms with van der Waals surface area (Å²) in [4.78, 5) is 3.20. The SMILES string of the molecule is CNCc1c[nH]c2ccc(Cl)cc12. The van der Waals surface area contributed by atoms with Gasteiger partial charge in [0.1, 0.15) is 0 Å². The summed E-state index contributed by atoms with van der Waals surface area (Å²) in [5, 5.41) is 5.10. The molecule has 68 valence electrons. The highest BCUT2D eigenvalue weighted by atomic mass is 35.5. The first-order valence-corrected chi connectivity index (χ1v) is 4.59. The van der Waals surface area contributed by atoms with E-state index in [0.29, 0.717) is 0 Å². The van der Waals surface area contributed by atoms with Crippen LogP contribution in [-0.2, 0) is 6.54 Å². The molecule has 0 amide bonds. The minimum absolute atomic E-state index is 0.782. The Labute approximate surface area is 81.9 Å². The first-order valence-electron chi connectivity index (χ1n) is 4.21. The minimum atomic E-state index is 0.782. The molecule has 0 radical (unpaired) electrons. The van der Waals surface area contributed by atoms with Crippen molar-refractivity contribution in [1.29, 1.82) is 0 Å². The van der Waals surface area contributed by atoms with Crippen molar-refractivity contribution in [3.05, 3.63) is 35.0 Å². The van der Waals surface area contributed by atoms with Crippen molar-refractivity contribution < 1.29 is 0 Å². The molecule has 0 unspecified atom stereocenters. The molecule has 0 atom stereocenters. The summed E-state index contributed by atoms with van der Waals surface area (Å²) in [6.07, 6.45) is 2.01. The van der Waals surface area contributed by atoms with Crippen molar-refractivity contribution in [1.82, 2.24) is 10.3 Å². The number of hydrogen-bond acceptors (Lipinski definition) is 1. The third-order valence-corrected chi connectivity index (χ3v) is 2.33. The zero-order chi connectivity index (χ0) is 9.26. The Kier molecular flexibility index (Phi) is 2.25. The maximum atomic E-state index is 5.91. The number of hydrogen-bond donors (Lipinski definition) is 2. The molecule has 2 aromatic rings. The lowest BCUT2D eigenvalue weighted by Crippen LogP contribution is -2.03. The molecule has 3 heteroatoms. The van der Waals surface area contributed by atoms with Crippen molar-refractivity contribution in [2.75, 3.05) is 7.05 Å². The lowest BCUT2D eigenvalue weighted by atomic mass is 10.2. The van der Waals surface area contributed by atoms with Crippen molar-refractivity contribution in [2.24, 2.45) is 0 Å². The highest BCUT2D eigenvalue weighted by Gasteiger charge is 2.02. The van der Waals surface area contributed by atoms with Crippen molar-refractivity contribution in [3.8, 4) is 0 Å². The largest absolute Gasteiger partial charge is 0.361 e. The summed E-state index contributed by atoms with van der Waals surface area (Å²) in [5.41, 5.74) is 2.38. The molecule has 0 aliphatic rings. The summed E-state index contributed by atoms with van der Waals surface area (Å²) in [7, 11) is 1.93. The Morgan fingerprint density at radius 1 is 1.46 bits per heavy atom. The van der Waals surface area contributed by atoms with Crippen LogP contribution in [0.2, 0.25) is 5.02 Å². The number of fused-ring (bicyclic) bond motifs is 1. The molecule has 0 aliphatic heterocycles. The molecule has 2 N–H and O–H groups in total. The molecule has 2 rings (SSSR count). The summed E-state index contributed by atoms with van der Waals surface area (Å²) in [5.74, 6) is 0. The van der Waals surface area contributed by atoms with E-state index < -0.39 is 0 Å². The molecular formula is C10H11ClN2. The number of halogens is 1. The van der Waals surface area contributed by atoms with Gasteiger partial charge in [-0.05, 0) is 30.8 Å². The number of benzene rings is 1. The van der Waals surface area contributed by atoms with E-state index in [1.165, 1.54) is 10.9 Å². The van der Waals surface area contributed by atoms with Gasteiger partial charge in [-0.2, -0.15) is 0 Å². The second kappa shape index (κ2) is 3.40. The van der Waals surface area contributed by atoms with E-state index in [0.717, 1.165) is 17.1 Å². The quantitative estimate of drug-likeness (QED) is 0.756. The minimum Gasteiger partial charge on any atom is -0.361 e. The fourth-order valence-corrected chi connectivity index (χ4v) is 1.66. The first kappa shape index (κ1) is 8.60. The van der Waals surface area contributed by atoms with Gasteiger partial charge in [-0.25, -0.2) is 0 Å². The maximum Gasteiger partial charge on any atom is 0.0458 e. The molecular weight excluding hydrogens is 184 g/mol. The van der Waals surface area contributed by atoms with E-state index >= 15 is 0 Å². The second-order valence-corrected chi connectivity index (χ2v) is 3.47. The third-order valence-electron chi connectivity index (χ3n) is 2.10. The highest BCUT2D eigenvalue weighted by Crippen LogP contribution is 2.21. The van der Waals surface area contributed by atoms with Gasteiger partial charge in [0.05, 0.1) is 0 Å². The zero-order valence-corrected chi connectivity index (χ0v) is 8.15. The van der Waals surface area contributed by atoms with E-state index in [1.54, 1.807) is 0 Å². The summed E-state index contributed by atoms with van der Waals surface area (Å²) < 4.78 is 0.